The van der Waals surface area contributed by atoms with Crippen LogP contribution in [0.3, 0.4) is 0 Å². The lowest BCUT2D eigenvalue weighted by Gasteiger charge is -2.07. The van der Waals surface area contributed by atoms with Gasteiger partial charge in [0.25, 0.3) is 5.91 Å². The van der Waals surface area contributed by atoms with Crippen molar-refractivity contribution in [2.24, 2.45) is 0 Å². The molecule has 3 nitrogen and oxygen atoms in total. The lowest BCUT2D eigenvalue weighted by atomic mass is 10.1. The van der Waals surface area contributed by atoms with E-state index in [-0.39, 0.29) is 11.1 Å². The van der Waals surface area contributed by atoms with E-state index in [1.54, 1.807) is 0 Å². The molecule has 0 bridgehead atoms. The third-order valence-electron chi connectivity index (χ3n) is 2.50. The van der Waals surface area contributed by atoms with Crippen molar-refractivity contribution in [3.8, 4) is 6.07 Å². The number of nitrogens with one attached hydrogen (secondary N) is 1. The zero-order valence-electron chi connectivity index (χ0n) is 9.95. The van der Waals surface area contributed by atoms with Crippen molar-refractivity contribution in [3.05, 3.63) is 65.0 Å². The molecule has 0 saturated carbocycles. The second-order valence-corrected chi connectivity index (χ2v) is 3.90. The number of carbonyl (C=O) groups excluding carboxylic acids is 1. The Labute approximate surface area is 112 Å². The molecule has 6 heteroatoms. The summed E-state index contributed by atoms with van der Waals surface area (Å²) < 4.78 is 39.4. The summed E-state index contributed by atoms with van der Waals surface area (Å²) in [7, 11) is 0. The Morgan fingerprint density at radius 2 is 1.90 bits per heavy atom. The van der Waals surface area contributed by atoms with Crippen LogP contribution in [0.15, 0.2) is 36.4 Å². The number of hydrogen-bond donors (Lipinski definition) is 1. The average molecular weight is 276 g/mol. The molecule has 0 radical (unpaired) electrons. The van der Waals surface area contributed by atoms with Gasteiger partial charge < -0.3 is 5.32 Å². The van der Waals surface area contributed by atoms with E-state index in [4.69, 9.17) is 5.26 Å². The van der Waals surface area contributed by atoms with Crippen LogP contribution >= 0.6 is 0 Å². The first-order valence-electron chi connectivity index (χ1n) is 5.47. The summed E-state index contributed by atoms with van der Waals surface area (Å²) in [5.74, 6) is -4.53. The van der Waals surface area contributed by atoms with Crippen molar-refractivity contribution in [1.29, 1.82) is 5.26 Å². The van der Waals surface area contributed by atoms with E-state index in [1.807, 2.05) is 6.07 Å². The predicted octanol–water partition coefficient (Wildman–Crippen LogP) is 3.23. The van der Waals surface area contributed by atoms with Gasteiger partial charge in [0.15, 0.2) is 11.6 Å². The Morgan fingerprint density at radius 3 is 2.60 bits per heavy atom. The van der Waals surface area contributed by atoms with Crippen LogP contribution in [0.1, 0.15) is 15.9 Å². The van der Waals surface area contributed by atoms with Gasteiger partial charge in [0.1, 0.15) is 5.82 Å². The normalized spacial score (nSPS) is 9.90. The lowest BCUT2D eigenvalue weighted by molar-refractivity contribution is 0.102. The van der Waals surface area contributed by atoms with E-state index in [0.717, 1.165) is 0 Å². The van der Waals surface area contributed by atoms with E-state index in [0.29, 0.717) is 12.1 Å². The highest BCUT2D eigenvalue weighted by molar-refractivity contribution is 6.04. The van der Waals surface area contributed by atoms with Gasteiger partial charge in [-0.1, -0.05) is 6.07 Å². The molecule has 100 valence electrons. The van der Waals surface area contributed by atoms with Crippen molar-refractivity contribution < 1.29 is 18.0 Å². The summed E-state index contributed by atoms with van der Waals surface area (Å²) in [6.07, 6.45) is 0. The third-order valence-corrected chi connectivity index (χ3v) is 2.50. The van der Waals surface area contributed by atoms with Crippen molar-refractivity contribution in [3.63, 3.8) is 0 Å². The van der Waals surface area contributed by atoms with E-state index < -0.39 is 29.0 Å². The maximum Gasteiger partial charge on any atom is 0.255 e. The average Bonchev–Trinajstić information content (AvgIpc) is 2.44. The molecule has 0 saturated heterocycles. The first-order chi connectivity index (χ1) is 9.51. The molecule has 0 heterocycles. The molecule has 20 heavy (non-hydrogen) atoms. The zero-order valence-corrected chi connectivity index (χ0v) is 9.95. The number of rotatable bonds is 2. The minimum atomic E-state index is -1.40. The molecule has 0 unspecified atom stereocenters. The molecule has 2 aromatic carbocycles. The van der Waals surface area contributed by atoms with Crippen LogP contribution in [0.2, 0.25) is 0 Å². The Morgan fingerprint density at radius 1 is 1.15 bits per heavy atom. The maximum absolute atomic E-state index is 13.4. The number of anilines is 1. The molecular weight excluding hydrogens is 269 g/mol. The summed E-state index contributed by atoms with van der Waals surface area (Å²) in [6, 6.07) is 8.52. The molecule has 0 aliphatic carbocycles. The molecule has 0 aliphatic heterocycles. The summed E-state index contributed by atoms with van der Waals surface area (Å²) >= 11 is 0. The number of halogens is 3. The Kier molecular flexibility index (Phi) is 3.71. The molecule has 0 aliphatic rings. The van der Waals surface area contributed by atoms with Crippen molar-refractivity contribution in [2.75, 3.05) is 5.32 Å². The minimum absolute atomic E-state index is 0.0770. The van der Waals surface area contributed by atoms with Crippen LogP contribution in [0.25, 0.3) is 0 Å². The molecule has 2 rings (SSSR count). The number of amides is 1. The molecule has 0 atom stereocenters. The fraction of sp³-hybridized carbons (Fsp3) is 0. The van der Waals surface area contributed by atoms with Crippen molar-refractivity contribution in [1.82, 2.24) is 0 Å². The Hall–Kier alpha value is -2.81. The molecular formula is C14H7F3N2O. The van der Waals surface area contributed by atoms with Crippen molar-refractivity contribution in [2.45, 2.75) is 0 Å². The van der Waals surface area contributed by atoms with Crippen molar-refractivity contribution >= 4 is 11.6 Å². The van der Waals surface area contributed by atoms with Gasteiger partial charge in [0, 0.05) is 17.7 Å². The standard InChI is InChI=1S/C14H7F3N2O/c15-10-5-11(16)13(17)12(6-10)19-14(20)9-3-1-2-8(4-9)7-18/h1-6H,(H,19,20). The van der Waals surface area contributed by atoms with Crippen LogP contribution in [0.5, 0.6) is 0 Å². The second-order valence-electron chi connectivity index (χ2n) is 3.90. The molecule has 0 aromatic heterocycles. The largest absolute Gasteiger partial charge is 0.319 e. The van der Waals surface area contributed by atoms with Gasteiger partial charge in [-0.3, -0.25) is 4.79 Å². The Bertz CT molecular complexity index is 723. The van der Waals surface area contributed by atoms with E-state index >= 15 is 0 Å². The van der Waals surface area contributed by atoms with Gasteiger partial charge in [-0.2, -0.15) is 5.26 Å². The smallest absolute Gasteiger partial charge is 0.255 e. The van der Waals surface area contributed by atoms with Gasteiger partial charge in [0.05, 0.1) is 17.3 Å². The number of hydrogen-bond acceptors (Lipinski definition) is 2. The van der Waals surface area contributed by atoms with Crippen LogP contribution < -0.4 is 5.32 Å². The molecule has 1 amide bonds. The van der Waals surface area contributed by atoms with E-state index in [1.165, 1.54) is 24.3 Å². The van der Waals surface area contributed by atoms with Crippen LogP contribution in [-0.2, 0) is 0 Å². The highest BCUT2D eigenvalue weighted by Gasteiger charge is 2.14. The van der Waals surface area contributed by atoms with Gasteiger partial charge in [-0.25, -0.2) is 13.2 Å². The van der Waals surface area contributed by atoms with E-state index in [9.17, 15) is 18.0 Å². The fourth-order valence-electron chi connectivity index (χ4n) is 1.57. The summed E-state index contributed by atoms with van der Waals surface area (Å²) in [5.41, 5.74) is -0.286. The van der Waals surface area contributed by atoms with E-state index in [2.05, 4.69) is 5.32 Å². The summed E-state index contributed by atoms with van der Waals surface area (Å²) in [4.78, 5) is 11.8. The molecule has 0 spiro atoms. The van der Waals surface area contributed by atoms with Gasteiger partial charge >= 0.3 is 0 Å². The molecule has 1 N–H and O–H groups in total. The number of carbonyl (C=O) groups is 1. The highest BCUT2D eigenvalue weighted by atomic mass is 19.2. The van der Waals surface area contributed by atoms with Gasteiger partial charge in [0.2, 0.25) is 0 Å². The second kappa shape index (κ2) is 5.45. The first kappa shape index (κ1) is 13.6. The number of nitrogens with zero attached hydrogens (tertiary/aromatic N) is 1. The first-order valence-corrected chi connectivity index (χ1v) is 5.47. The monoisotopic (exact) mass is 276 g/mol. The quantitative estimate of drug-likeness (QED) is 0.856. The summed E-state index contributed by atoms with van der Waals surface area (Å²) in [5, 5.41) is 10.8. The molecule has 2 aromatic rings. The van der Waals surface area contributed by atoms with Crippen LogP contribution in [-0.4, -0.2) is 5.91 Å². The Balaban J connectivity index is 2.30. The topological polar surface area (TPSA) is 52.9 Å². The minimum Gasteiger partial charge on any atom is -0.319 e. The SMILES string of the molecule is N#Cc1cccc(C(=O)Nc2cc(F)cc(F)c2F)c1. The predicted molar refractivity (Wildman–Crippen MR) is 65.4 cm³/mol. The number of nitriles is 1. The maximum atomic E-state index is 13.4. The summed E-state index contributed by atoms with van der Waals surface area (Å²) in [6.45, 7) is 0. The van der Waals surface area contributed by atoms with Gasteiger partial charge in [-0.05, 0) is 18.2 Å². The van der Waals surface area contributed by atoms with Crippen LogP contribution in [0.4, 0.5) is 18.9 Å². The van der Waals surface area contributed by atoms with Crippen LogP contribution in [0, 0.1) is 28.8 Å². The fourth-order valence-corrected chi connectivity index (χ4v) is 1.57. The highest BCUT2D eigenvalue weighted by Crippen LogP contribution is 2.20. The lowest BCUT2D eigenvalue weighted by Crippen LogP contribution is -2.14. The third kappa shape index (κ3) is 2.78. The zero-order chi connectivity index (χ0) is 14.7. The van der Waals surface area contributed by atoms with Gasteiger partial charge in [-0.15, -0.1) is 0 Å². The molecule has 0 fully saturated rings. The number of benzene rings is 2.